The highest BCUT2D eigenvalue weighted by molar-refractivity contribution is 9.10. The van der Waals surface area contributed by atoms with E-state index in [-0.39, 0.29) is 0 Å². The van der Waals surface area contributed by atoms with E-state index in [9.17, 15) is 0 Å². The molecule has 0 bridgehead atoms. The van der Waals surface area contributed by atoms with Gasteiger partial charge in [-0.05, 0) is 48.6 Å². The van der Waals surface area contributed by atoms with Gasteiger partial charge in [0.15, 0.2) is 0 Å². The molecule has 1 N–H and O–H groups in total. The highest BCUT2D eigenvalue weighted by Gasteiger charge is 2.20. The predicted molar refractivity (Wildman–Crippen MR) is 84.0 cm³/mol. The van der Waals surface area contributed by atoms with Gasteiger partial charge in [0.1, 0.15) is 5.75 Å². The summed E-state index contributed by atoms with van der Waals surface area (Å²) < 4.78 is 6.99. The van der Waals surface area contributed by atoms with E-state index in [4.69, 9.17) is 4.74 Å². The molecule has 0 fully saturated rings. The van der Waals surface area contributed by atoms with Crippen LogP contribution in [0.5, 0.6) is 5.75 Å². The molecule has 0 saturated carbocycles. The van der Waals surface area contributed by atoms with E-state index >= 15 is 0 Å². The van der Waals surface area contributed by atoms with Gasteiger partial charge in [0, 0.05) is 16.9 Å². The molecule has 0 aliphatic carbocycles. The first-order valence-corrected chi connectivity index (χ1v) is 8.07. The second kappa shape index (κ2) is 6.76. The van der Waals surface area contributed by atoms with Crippen LogP contribution in [0.2, 0.25) is 0 Å². The Morgan fingerprint density at radius 2 is 2.16 bits per heavy atom. The number of halogens is 1. The molecule has 1 aromatic rings. The Hall–Kier alpha value is -0.540. The predicted octanol–water partition coefficient (Wildman–Crippen LogP) is 3.95. The molecule has 0 saturated heterocycles. The standard InChI is InChI=1S/C16H24BrNO/c1-4-18-15(7-11(2)3)10-13-9-14(17)8-12-5-6-19-16(12)13/h8-9,11,15,18H,4-7,10H2,1-3H3. The summed E-state index contributed by atoms with van der Waals surface area (Å²) in [6, 6.07) is 4.94. The first kappa shape index (κ1) is 14.9. The molecule has 1 atom stereocenters. The van der Waals surface area contributed by atoms with Gasteiger partial charge in [-0.25, -0.2) is 0 Å². The summed E-state index contributed by atoms with van der Waals surface area (Å²) in [5, 5.41) is 3.60. The van der Waals surface area contributed by atoms with Gasteiger partial charge in [0.05, 0.1) is 6.61 Å². The van der Waals surface area contributed by atoms with Crippen molar-refractivity contribution in [3.8, 4) is 5.75 Å². The first-order chi connectivity index (χ1) is 9.10. The average Bonchev–Trinajstić information content (AvgIpc) is 2.76. The van der Waals surface area contributed by atoms with Crippen molar-refractivity contribution in [1.82, 2.24) is 5.32 Å². The molecule has 0 amide bonds. The number of hydrogen-bond acceptors (Lipinski definition) is 2. The number of fused-ring (bicyclic) bond motifs is 1. The van der Waals surface area contributed by atoms with E-state index in [1.807, 2.05) is 0 Å². The Kier molecular flexibility index (Phi) is 5.28. The topological polar surface area (TPSA) is 21.3 Å². The minimum atomic E-state index is 0.535. The Balaban J connectivity index is 2.16. The quantitative estimate of drug-likeness (QED) is 0.855. The second-order valence-corrected chi connectivity index (χ2v) is 6.66. The Bertz CT molecular complexity index is 431. The number of benzene rings is 1. The van der Waals surface area contributed by atoms with Gasteiger partial charge >= 0.3 is 0 Å². The molecule has 0 spiro atoms. The number of rotatable bonds is 6. The molecule has 0 radical (unpaired) electrons. The molecule has 19 heavy (non-hydrogen) atoms. The molecular formula is C16H24BrNO. The van der Waals surface area contributed by atoms with Crippen LogP contribution in [0.3, 0.4) is 0 Å². The monoisotopic (exact) mass is 325 g/mol. The van der Waals surface area contributed by atoms with Crippen LogP contribution in [0.15, 0.2) is 16.6 Å². The third-order valence-corrected chi connectivity index (χ3v) is 4.00. The van der Waals surface area contributed by atoms with Gasteiger partial charge in [-0.2, -0.15) is 0 Å². The number of nitrogens with one attached hydrogen (secondary N) is 1. The van der Waals surface area contributed by atoms with Crippen molar-refractivity contribution >= 4 is 15.9 Å². The summed E-state index contributed by atoms with van der Waals surface area (Å²) in [5.41, 5.74) is 2.69. The summed E-state index contributed by atoms with van der Waals surface area (Å²) in [6.07, 6.45) is 3.29. The zero-order chi connectivity index (χ0) is 13.8. The average molecular weight is 326 g/mol. The molecule has 1 aromatic carbocycles. The van der Waals surface area contributed by atoms with Crippen LogP contribution in [-0.2, 0) is 12.8 Å². The van der Waals surface area contributed by atoms with Crippen LogP contribution in [-0.4, -0.2) is 19.2 Å². The van der Waals surface area contributed by atoms with E-state index < -0.39 is 0 Å². The molecule has 2 nitrogen and oxygen atoms in total. The zero-order valence-electron chi connectivity index (χ0n) is 12.1. The molecule has 106 valence electrons. The summed E-state index contributed by atoms with van der Waals surface area (Å²) in [7, 11) is 0. The van der Waals surface area contributed by atoms with Crippen molar-refractivity contribution in [3.63, 3.8) is 0 Å². The van der Waals surface area contributed by atoms with Crippen LogP contribution in [0.1, 0.15) is 38.3 Å². The van der Waals surface area contributed by atoms with Crippen LogP contribution >= 0.6 is 15.9 Å². The minimum absolute atomic E-state index is 0.535. The SMILES string of the molecule is CCNC(Cc1cc(Br)cc2c1OCC2)CC(C)C. The Labute approximate surface area is 125 Å². The fourth-order valence-corrected chi connectivity index (χ4v) is 3.41. The lowest BCUT2D eigenvalue weighted by Crippen LogP contribution is -2.32. The Morgan fingerprint density at radius 3 is 2.84 bits per heavy atom. The molecule has 3 heteroatoms. The van der Waals surface area contributed by atoms with E-state index in [0.717, 1.165) is 31.7 Å². The first-order valence-electron chi connectivity index (χ1n) is 7.27. The van der Waals surface area contributed by atoms with E-state index in [1.165, 1.54) is 22.0 Å². The van der Waals surface area contributed by atoms with Gasteiger partial charge in [-0.15, -0.1) is 0 Å². The smallest absolute Gasteiger partial charge is 0.125 e. The van der Waals surface area contributed by atoms with Crippen LogP contribution < -0.4 is 10.1 Å². The normalized spacial score (nSPS) is 15.4. The third-order valence-electron chi connectivity index (χ3n) is 3.54. The molecule has 1 aliphatic heterocycles. The zero-order valence-corrected chi connectivity index (χ0v) is 13.7. The minimum Gasteiger partial charge on any atom is -0.493 e. The number of hydrogen-bond donors (Lipinski definition) is 1. The summed E-state index contributed by atoms with van der Waals surface area (Å²) in [5.74, 6) is 1.85. The Morgan fingerprint density at radius 1 is 1.37 bits per heavy atom. The van der Waals surface area contributed by atoms with Crippen molar-refractivity contribution in [2.75, 3.05) is 13.2 Å². The van der Waals surface area contributed by atoms with Crippen molar-refractivity contribution in [1.29, 1.82) is 0 Å². The van der Waals surface area contributed by atoms with Gasteiger partial charge in [0.2, 0.25) is 0 Å². The van der Waals surface area contributed by atoms with Crippen molar-refractivity contribution in [3.05, 3.63) is 27.7 Å². The summed E-state index contributed by atoms with van der Waals surface area (Å²) >= 11 is 3.62. The summed E-state index contributed by atoms with van der Waals surface area (Å²) in [6.45, 7) is 8.59. The fourth-order valence-electron chi connectivity index (χ4n) is 2.86. The maximum atomic E-state index is 5.82. The maximum Gasteiger partial charge on any atom is 0.125 e. The lowest BCUT2D eigenvalue weighted by atomic mass is 9.95. The van der Waals surface area contributed by atoms with Crippen LogP contribution in [0.25, 0.3) is 0 Å². The maximum absolute atomic E-state index is 5.82. The van der Waals surface area contributed by atoms with Crippen molar-refractivity contribution in [2.45, 2.75) is 46.1 Å². The molecule has 1 unspecified atom stereocenters. The summed E-state index contributed by atoms with van der Waals surface area (Å²) in [4.78, 5) is 0. The van der Waals surface area contributed by atoms with Crippen LogP contribution in [0.4, 0.5) is 0 Å². The fraction of sp³-hybridized carbons (Fsp3) is 0.625. The van der Waals surface area contributed by atoms with Gasteiger partial charge < -0.3 is 10.1 Å². The van der Waals surface area contributed by atoms with Crippen LogP contribution in [0, 0.1) is 5.92 Å². The van der Waals surface area contributed by atoms with Gasteiger partial charge in [-0.1, -0.05) is 36.7 Å². The van der Waals surface area contributed by atoms with E-state index in [1.54, 1.807) is 0 Å². The largest absolute Gasteiger partial charge is 0.493 e. The molecule has 0 aromatic heterocycles. The lowest BCUT2D eigenvalue weighted by Gasteiger charge is -2.21. The van der Waals surface area contributed by atoms with E-state index in [2.05, 4.69) is 54.2 Å². The van der Waals surface area contributed by atoms with Gasteiger partial charge in [0.25, 0.3) is 0 Å². The molecule has 2 rings (SSSR count). The number of likely N-dealkylation sites (N-methyl/N-ethyl adjacent to an activating group) is 1. The van der Waals surface area contributed by atoms with E-state index in [0.29, 0.717) is 12.0 Å². The molecular weight excluding hydrogens is 302 g/mol. The lowest BCUT2D eigenvalue weighted by molar-refractivity contribution is 0.349. The van der Waals surface area contributed by atoms with Gasteiger partial charge in [-0.3, -0.25) is 0 Å². The second-order valence-electron chi connectivity index (χ2n) is 5.74. The van der Waals surface area contributed by atoms with Crippen molar-refractivity contribution in [2.24, 2.45) is 5.92 Å². The highest BCUT2D eigenvalue weighted by atomic mass is 79.9. The highest BCUT2D eigenvalue weighted by Crippen LogP contribution is 2.34. The van der Waals surface area contributed by atoms with Crippen molar-refractivity contribution < 1.29 is 4.74 Å². The molecule has 1 aliphatic rings. The third kappa shape index (κ3) is 3.96. The number of ether oxygens (including phenoxy) is 1. The molecule has 1 heterocycles.